The molecule has 0 radical (unpaired) electrons. The lowest BCUT2D eigenvalue weighted by Gasteiger charge is -2.52. The maximum Gasteiger partial charge on any atom is 0.0634 e. The summed E-state index contributed by atoms with van der Waals surface area (Å²) in [7, 11) is 1.81. The fourth-order valence-corrected chi connectivity index (χ4v) is 2.62. The largest absolute Gasteiger partial charge is 0.379 e. The molecule has 2 unspecified atom stereocenters. The van der Waals surface area contributed by atoms with Crippen molar-refractivity contribution >= 4 is 0 Å². The zero-order chi connectivity index (χ0) is 14.7. The fraction of sp³-hybridized carbons (Fsp3) is 1.00. The van der Waals surface area contributed by atoms with Crippen molar-refractivity contribution in [2.24, 2.45) is 0 Å². The minimum absolute atomic E-state index is 0.0257. The van der Waals surface area contributed by atoms with Crippen molar-refractivity contribution in [3.8, 4) is 0 Å². The van der Waals surface area contributed by atoms with Gasteiger partial charge in [-0.3, -0.25) is 4.90 Å². The van der Waals surface area contributed by atoms with Crippen molar-refractivity contribution in [3.05, 3.63) is 0 Å². The molecule has 0 bridgehead atoms. The highest BCUT2D eigenvalue weighted by Gasteiger charge is 2.41. The molecule has 1 aliphatic heterocycles. The molecule has 1 fully saturated rings. The van der Waals surface area contributed by atoms with Crippen LogP contribution in [0.2, 0.25) is 0 Å². The highest BCUT2D eigenvalue weighted by Crippen LogP contribution is 2.29. The third-order valence-electron chi connectivity index (χ3n) is 5.28. The monoisotopic (exact) mass is 270 g/mol. The van der Waals surface area contributed by atoms with Crippen LogP contribution in [0.3, 0.4) is 0 Å². The molecule has 0 saturated carbocycles. The van der Waals surface area contributed by atoms with Crippen LogP contribution in [0.5, 0.6) is 0 Å². The zero-order valence-corrected chi connectivity index (χ0v) is 14.1. The second-order valence-electron chi connectivity index (χ2n) is 7.25. The molecule has 0 aromatic heterocycles. The molecule has 1 rings (SSSR count). The van der Waals surface area contributed by atoms with Crippen LogP contribution in [0.15, 0.2) is 0 Å². The molecule has 1 saturated heterocycles. The van der Waals surface area contributed by atoms with Gasteiger partial charge >= 0.3 is 0 Å². The van der Waals surface area contributed by atoms with E-state index >= 15 is 0 Å². The molecule has 1 aliphatic rings. The Morgan fingerprint density at radius 2 is 1.84 bits per heavy atom. The lowest BCUT2D eigenvalue weighted by molar-refractivity contribution is -0.0261. The van der Waals surface area contributed by atoms with E-state index in [0.717, 1.165) is 26.1 Å². The normalized spacial score (nSPS) is 33.6. The van der Waals surface area contributed by atoms with E-state index in [1.54, 1.807) is 0 Å². The molecule has 19 heavy (non-hydrogen) atoms. The summed E-state index contributed by atoms with van der Waals surface area (Å²) >= 11 is 0. The molecule has 0 spiro atoms. The van der Waals surface area contributed by atoms with Crippen molar-refractivity contribution in [2.45, 2.75) is 77.5 Å². The molecule has 1 N–H and O–H groups in total. The first kappa shape index (κ1) is 16.9. The second-order valence-corrected chi connectivity index (χ2v) is 7.25. The maximum absolute atomic E-state index is 5.57. The van der Waals surface area contributed by atoms with Crippen LogP contribution in [-0.4, -0.2) is 48.3 Å². The SMILES string of the molecule is CCC1(C)CN(CCC(C)(C)OC)C(C)(CC)CN1. The summed E-state index contributed by atoms with van der Waals surface area (Å²) < 4.78 is 5.57. The Bertz CT molecular complexity index is 292. The second kappa shape index (κ2) is 6.11. The van der Waals surface area contributed by atoms with Crippen LogP contribution < -0.4 is 5.32 Å². The molecular formula is C16H34N2O. The van der Waals surface area contributed by atoms with Crippen LogP contribution in [0, 0.1) is 0 Å². The number of hydrogen-bond donors (Lipinski definition) is 1. The van der Waals surface area contributed by atoms with Gasteiger partial charge in [0, 0.05) is 37.8 Å². The Labute approximate surface area is 120 Å². The molecule has 2 atom stereocenters. The van der Waals surface area contributed by atoms with Crippen molar-refractivity contribution in [1.29, 1.82) is 0 Å². The van der Waals surface area contributed by atoms with Gasteiger partial charge in [0.1, 0.15) is 0 Å². The lowest BCUT2D eigenvalue weighted by Crippen LogP contribution is -2.68. The molecular weight excluding hydrogens is 236 g/mol. The van der Waals surface area contributed by atoms with E-state index in [1.807, 2.05) is 7.11 Å². The first-order valence-corrected chi connectivity index (χ1v) is 7.75. The number of hydrogen-bond acceptors (Lipinski definition) is 3. The summed E-state index contributed by atoms with van der Waals surface area (Å²) in [5.74, 6) is 0. The van der Waals surface area contributed by atoms with E-state index in [0.29, 0.717) is 0 Å². The van der Waals surface area contributed by atoms with E-state index < -0.39 is 0 Å². The van der Waals surface area contributed by atoms with Crippen LogP contribution in [-0.2, 0) is 4.74 Å². The fourth-order valence-electron chi connectivity index (χ4n) is 2.62. The summed E-state index contributed by atoms with van der Waals surface area (Å²) in [6, 6.07) is 0. The predicted molar refractivity (Wildman–Crippen MR) is 82.7 cm³/mol. The van der Waals surface area contributed by atoms with Crippen molar-refractivity contribution in [1.82, 2.24) is 10.2 Å². The van der Waals surface area contributed by atoms with Gasteiger partial charge in [0.05, 0.1) is 5.60 Å². The molecule has 0 aromatic carbocycles. The number of piperazine rings is 1. The number of methoxy groups -OCH3 is 1. The summed E-state index contributed by atoms with van der Waals surface area (Å²) in [4.78, 5) is 2.67. The van der Waals surface area contributed by atoms with Gasteiger partial charge in [-0.05, 0) is 47.0 Å². The molecule has 0 aliphatic carbocycles. The molecule has 3 heteroatoms. The van der Waals surface area contributed by atoms with Crippen LogP contribution in [0.4, 0.5) is 0 Å². The van der Waals surface area contributed by atoms with Crippen LogP contribution in [0.25, 0.3) is 0 Å². The summed E-state index contributed by atoms with van der Waals surface area (Å²) in [5.41, 5.74) is 0.506. The van der Waals surface area contributed by atoms with Gasteiger partial charge in [0.2, 0.25) is 0 Å². The van der Waals surface area contributed by atoms with Gasteiger partial charge < -0.3 is 10.1 Å². The van der Waals surface area contributed by atoms with Gasteiger partial charge in [0.15, 0.2) is 0 Å². The van der Waals surface area contributed by atoms with Crippen molar-refractivity contribution < 1.29 is 4.74 Å². The third kappa shape index (κ3) is 4.17. The van der Waals surface area contributed by atoms with E-state index in [4.69, 9.17) is 4.74 Å². The van der Waals surface area contributed by atoms with E-state index in [1.165, 1.54) is 12.8 Å². The first-order chi connectivity index (χ1) is 8.70. The molecule has 1 heterocycles. The predicted octanol–water partition coefficient (Wildman–Crippen LogP) is 3.04. The Morgan fingerprint density at radius 1 is 1.21 bits per heavy atom. The zero-order valence-electron chi connectivity index (χ0n) is 14.1. The Morgan fingerprint density at radius 3 is 2.32 bits per heavy atom. The van der Waals surface area contributed by atoms with Crippen molar-refractivity contribution in [3.63, 3.8) is 0 Å². The Balaban J connectivity index is 2.73. The minimum Gasteiger partial charge on any atom is -0.379 e. The minimum atomic E-state index is -0.0257. The number of nitrogens with zero attached hydrogens (tertiary/aromatic N) is 1. The maximum atomic E-state index is 5.57. The topological polar surface area (TPSA) is 24.5 Å². The highest BCUT2D eigenvalue weighted by atomic mass is 16.5. The average molecular weight is 270 g/mol. The average Bonchev–Trinajstić information content (AvgIpc) is 2.40. The summed E-state index contributed by atoms with van der Waals surface area (Å²) in [6.07, 6.45) is 3.45. The number of nitrogens with one attached hydrogen (secondary N) is 1. The highest BCUT2D eigenvalue weighted by molar-refractivity contribution is 5.00. The Hall–Kier alpha value is -0.120. The van der Waals surface area contributed by atoms with Gasteiger partial charge in [-0.25, -0.2) is 0 Å². The van der Waals surface area contributed by atoms with Gasteiger partial charge in [-0.15, -0.1) is 0 Å². The molecule has 0 amide bonds. The number of ether oxygens (including phenoxy) is 1. The molecule has 114 valence electrons. The van der Waals surface area contributed by atoms with Crippen LogP contribution in [0.1, 0.15) is 60.8 Å². The van der Waals surface area contributed by atoms with Gasteiger partial charge in [-0.2, -0.15) is 0 Å². The standard InChI is InChI=1S/C16H34N2O/c1-8-15(5)13-18(11-10-14(3,4)19-7)16(6,9-2)12-17-15/h17H,8-13H2,1-7H3. The van der Waals surface area contributed by atoms with Crippen molar-refractivity contribution in [2.75, 3.05) is 26.7 Å². The molecule has 0 aromatic rings. The number of rotatable bonds is 6. The first-order valence-electron chi connectivity index (χ1n) is 7.75. The van der Waals surface area contributed by atoms with Gasteiger partial charge in [0.25, 0.3) is 0 Å². The van der Waals surface area contributed by atoms with E-state index in [-0.39, 0.29) is 16.7 Å². The third-order valence-corrected chi connectivity index (χ3v) is 5.28. The quantitative estimate of drug-likeness (QED) is 0.803. The van der Waals surface area contributed by atoms with Gasteiger partial charge in [-0.1, -0.05) is 13.8 Å². The smallest absolute Gasteiger partial charge is 0.0634 e. The summed E-state index contributed by atoms with van der Waals surface area (Å²) in [5, 5.41) is 3.75. The summed E-state index contributed by atoms with van der Waals surface area (Å²) in [6.45, 7) is 17.0. The van der Waals surface area contributed by atoms with E-state index in [9.17, 15) is 0 Å². The van der Waals surface area contributed by atoms with E-state index in [2.05, 4.69) is 51.8 Å². The lowest BCUT2D eigenvalue weighted by atomic mass is 9.85. The Kier molecular flexibility index (Phi) is 5.44. The molecule has 3 nitrogen and oxygen atoms in total. The van der Waals surface area contributed by atoms with Crippen LogP contribution >= 0.6 is 0 Å².